The highest BCUT2D eigenvalue weighted by Crippen LogP contribution is 2.31. The molecule has 0 aromatic heterocycles. The first-order valence-electron chi connectivity index (χ1n) is 12.3. The van der Waals surface area contributed by atoms with Gasteiger partial charge in [-0.1, -0.05) is 30.3 Å². The van der Waals surface area contributed by atoms with Crippen molar-refractivity contribution < 1.29 is 4.79 Å². The van der Waals surface area contributed by atoms with Crippen molar-refractivity contribution in [3.63, 3.8) is 0 Å². The van der Waals surface area contributed by atoms with Crippen molar-refractivity contribution in [2.45, 2.75) is 58.0 Å². The summed E-state index contributed by atoms with van der Waals surface area (Å²) in [6.45, 7) is 10.1. The van der Waals surface area contributed by atoms with Crippen LogP contribution in [0.15, 0.2) is 35.3 Å². The standard InChI is InChI=1S/C25H39N5O/c1-2-26-25(27-14-8-17-28-15-7-12-24(28)31)30-18-13-23-22(20-30)11-6-16-29(23)19-21-9-4-3-5-10-21/h3-5,9-10,22-23H,2,6-8,11-20H2,1H3,(H,26,27). The average Bonchev–Trinajstić information content (AvgIpc) is 3.21. The summed E-state index contributed by atoms with van der Waals surface area (Å²) in [5.74, 6) is 2.10. The van der Waals surface area contributed by atoms with E-state index in [-0.39, 0.29) is 0 Å². The molecule has 3 aliphatic heterocycles. The van der Waals surface area contributed by atoms with Crippen LogP contribution in [0.3, 0.4) is 0 Å². The van der Waals surface area contributed by atoms with Gasteiger partial charge in [0, 0.05) is 58.3 Å². The predicted octanol–water partition coefficient (Wildman–Crippen LogP) is 2.95. The van der Waals surface area contributed by atoms with Gasteiger partial charge < -0.3 is 15.1 Å². The van der Waals surface area contributed by atoms with Crippen LogP contribution in [0.1, 0.15) is 51.0 Å². The molecule has 2 atom stereocenters. The second kappa shape index (κ2) is 11.0. The summed E-state index contributed by atoms with van der Waals surface area (Å²) in [7, 11) is 0. The van der Waals surface area contributed by atoms with Crippen molar-refractivity contribution in [1.82, 2.24) is 20.0 Å². The Morgan fingerprint density at radius 3 is 2.77 bits per heavy atom. The van der Waals surface area contributed by atoms with E-state index in [0.717, 1.165) is 77.0 Å². The Hall–Kier alpha value is -2.08. The zero-order chi connectivity index (χ0) is 21.5. The highest BCUT2D eigenvalue weighted by Gasteiger charge is 2.36. The molecule has 3 saturated heterocycles. The van der Waals surface area contributed by atoms with Crippen LogP contribution >= 0.6 is 0 Å². The van der Waals surface area contributed by atoms with Gasteiger partial charge in [0.25, 0.3) is 0 Å². The van der Waals surface area contributed by atoms with E-state index in [1.165, 1.54) is 31.4 Å². The Balaban J connectivity index is 1.31. The second-order valence-corrected chi connectivity index (χ2v) is 9.23. The van der Waals surface area contributed by atoms with Gasteiger partial charge >= 0.3 is 0 Å². The average molecular weight is 426 g/mol. The molecule has 6 nitrogen and oxygen atoms in total. The summed E-state index contributed by atoms with van der Waals surface area (Å²) in [4.78, 5) is 23.9. The molecule has 3 heterocycles. The fourth-order valence-corrected chi connectivity index (χ4v) is 5.53. The van der Waals surface area contributed by atoms with Crippen LogP contribution in [0.5, 0.6) is 0 Å². The van der Waals surface area contributed by atoms with Crippen LogP contribution in [0, 0.1) is 5.92 Å². The first kappa shape index (κ1) is 22.1. The topological polar surface area (TPSA) is 51.2 Å². The van der Waals surface area contributed by atoms with E-state index in [2.05, 4.69) is 52.4 Å². The number of nitrogens with one attached hydrogen (secondary N) is 1. The zero-order valence-electron chi connectivity index (χ0n) is 19.1. The first-order chi connectivity index (χ1) is 15.2. The van der Waals surface area contributed by atoms with E-state index in [9.17, 15) is 4.79 Å². The van der Waals surface area contributed by atoms with Crippen LogP contribution in [-0.4, -0.2) is 78.4 Å². The highest BCUT2D eigenvalue weighted by molar-refractivity contribution is 5.80. The number of carbonyl (C=O) groups is 1. The van der Waals surface area contributed by atoms with Gasteiger partial charge in [-0.15, -0.1) is 0 Å². The van der Waals surface area contributed by atoms with Crippen LogP contribution < -0.4 is 5.32 Å². The molecule has 0 aliphatic carbocycles. The summed E-state index contributed by atoms with van der Waals surface area (Å²) in [5.41, 5.74) is 1.43. The maximum atomic E-state index is 11.8. The Morgan fingerprint density at radius 2 is 2.00 bits per heavy atom. The normalized spacial score (nSPS) is 25.1. The lowest BCUT2D eigenvalue weighted by atomic mass is 9.83. The molecule has 0 spiro atoms. The molecule has 3 aliphatic rings. The molecule has 1 N–H and O–H groups in total. The predicted molar refractivity (Wildman–Crippen MR) is 126 cm³/mol. The van der Waals surface area contributed by atoms with Crippen molar-refractivity contribution in [3.05, 3.63) is 35.9 Å². The molecular formula is C25H39N5O. The van der Waals surface area contributed by atoms with Gasteiger partial charge in [0.15, 0.2) is 5.96 Å². The quantitative estimate of drug-likeness (QED) is 0.415. The Kier molecular flexibility index (Phi) is 7.84. The van der Waals surface area contributed by atoms with Gasteiger partial charge in [0.1, 0.15) is 0 Å². The van der Waals surface area contributed by atoms with Crippen molar-refractivity contribution in [3.8, 4) is 0 Å². The number of amides is 1. The Morgan fingerprint density at radius 1 is 1.13 bits per heavy atom. The van der Waals surface area contributed by atoms with E-state index >= 15 is 0 Å². The third kappa shape index (κ3) is 5.79. The summed E-state index contributed by atoms with van der Waals surface area (Å²) in [5, 5.41) is 3.52. The third-order valence-electron chi connectivity index (χ3n) is 7.07. The Labute approximate surface area is 187 Å². The van der Waals surface area contributed by atoms with Gasteiger partial charge in [-0.25, -0.2) is 0 Å². The van der Waals surface area contributed by atoms with Crippen LogP contribution in [0.25, 0.3) is 0 Å². The SMILES string of the molecule is CCNC(=NCCCN1CCCC1=O)N1CCC2C(CCCN2Cc2ccccc2)C1. The lowest BCUT2D eigenvalue weighted by molar-refractivity contribution is -0.127. The summed E-state index contributed by atoms with van der Waals surface area (Å²) >= 11 is 0. The van der Waals surface area contributed by atoms with Gasteiger partial charge in [0.05, 0.1) is 0 Å². The number of rotatable bonds is 7. The van der Waals surface area contributed by atoms with E-state index in [0.29, 0.717) is 11.9 Å². The minimum absolute atomic E-state index is 0.315. The maximum absolute atomic E-state index is 11.8. The molecule has 1 amide bonds. The molecule has 170 valence electrons. The second-order valence-electron chi connectivity index (χ2n) is 9.23. The number of carbonyl (C=O) groups excluding carboxylic acids is 1. The molecule has 1 aromatic carbocycles. The van der Waals surface area contributed by atoms with E-state index in [4.69, 9.17) is 4.99 Å². The summed E-state index contributed by atoms with van der Waals surface area (Å²) in [6.07, 6.45) is 6.52. The van der Waals surface area contributed by atoms with Gasteiger partial charge in [0.2, 0.25) is 5.91 Å². The lowest BCUT2D eigenvalue weighted by Crippen LogP contribution is -2.56. The minimum atomic E-state index is 0.315. The fourth-order valence-electron chi connectivity index (χ4n) is 5.53. The highest BCUT2D eigenvalue weighted by atomic mass is 16.2. The van der Waals surface area contributed by atoms with Crippen molar-refractivity contribution in [1.29, 1.82) is 0 Å². The number of benzene rings is 1. The molecular weight excluding hydrogens is 386 g/mol. The smallest absolute Gasteiger partial charge is 0.222 e. The molecule has 31 heavy (non-hydrogen) atoms. The Bertz CT molecular complexity index is 737. The van der Waals surface area contributed by atoms with Crippen LogP contribution in [-0.2, 0) is 11.3 Å². The number of hydrogen-bond acceptors (Lipinski definition) is 3. The number of aliphatic imine (C=N–C) groups is 1. The van der Waals surface area contributed by atoms with E-state index in [1.807, 2.05) is 4.90 Å². The fraction of sp³-hybridized carbons (Fsp3) is 0.680. The molecule has 3 fully saturated rings. The molecule has 6 heteroatoms. The van der Waals surface area contributed by atoms with Crippen molar-refractivity contribution >= 4 is 11.9 Å². The maximum Gasteiger partial charge on any atom is 0.222 e. The monoisotopic (exact) mass is 425 g/mol. The number of likely N-dealkylation sites (tertiary alicyclic amines) is 3. The molecule has 1 aromatic rings. The van der Waals surface area contributed by atoms with Gasteiger partial charge in [-0.2, -0.15) is 0 Å². The minimum Gasteiger partial charge on any atom is -0.357 e. The number of nitrogens with zero attached hydrogens (tertiary/aromatic N) is 4. The van der Waals surface area contributed by atoms with Crippen molar-refractivity contribution in [2.75, 3.05) is 45.8 Å². The summed E-state index contributed by atoms with van der Waals surface area (Å²) in [6, 6.07) is 11.6. The molecule has 0 saturated carbocycles. The molecule has 0 bridgehead atoms. The van der Waals surface area contributed by atoms with Gasteiger partial charge in [-0.3, -0.25) is 14.7 Å². The zero-order valence-corrected chi connectivity index (χ0v) is 19.1. The number of guanidine groups is 1. The largest absolute Gasteiger partial charge is 0.357 e. The molecule has 4 rings (SSSR count). The molecule has 2 unspecified atom stereocenters. The molecule has 0 radical (unpaired) electrons. The van der Waals surface area contributed by atoms with E-state index in [1.54, 1.807) is 0 Å². The van der Waals surface area contributed by atoms with Gasteiger partial charge in [-0.05, 0) is 57.1 Å². The number of fused-ring (bicyclic) bond motifs is 1. The summed E-state index contributed by atoms with van der Waals surface area (Å²) < 4.78 is 0. The first-order valence-corrected chi connectivity index (χ1v) is 12.3. The third-order valence-corrected chi connectivity index (χ3v) is 7.07. The lowest BCUT2D eigenvalue weighted by Gasteiger charge is -2.48. The van der Waals surface area contributed by atoms with Crippen LogP contribution in [0.2, 0.25) is 0 Å². The van der Waals surface area contributed by atoms with Crippen molar-refractivity contribution in [2.24, 2.45) is 10.9 Å². The van der Waals surface area contributed by atoms with Crippen LogP contribution in [0.4, 0.5) is 0 Å². The van der Waals surface area contributed by atoms with E-state index < -0.39 is 0 Å². The number of piperidine rings is 2. The number of hydrogen-bond donors (Lipinski definition) is 1.